The molecular formula is C24H38O4. The predicted octanol–water partition coefficient (Wildman–Crippen LogP) is 5.47. The molecule has 0 unspecified atom stereocenters. The molecule has 0 saturated heterocycles. The minimum Gasteiger partial charge on any atom is -0.442 e. The van der Waals surface area contributed by atoms with Gasteiger partial charge in [-0.05, 0) is 64.7 Å². The number of ether oxygens (including phenoxy) is 1. The highest BCUT2D eigenvalue weighted by atomic mass is 17.2. The van der Waals surface area contributed by atoms with Crippen molar-refractivity contribution in [3.05, 3.63) is 12.2 Å². The minimum atomic E-state index is -0.810. The van der Waals surface area contributed by atoms with E-state index in [0.29, 0.717) is 17.4 Å². The summed E-state index contributed by atoms with van der Waals surface area (Å²) in [6.45, 7) is 22.1. The lowest BCUT2D eigenvalue weighted by molar-refractivity contribution is -0.388. The van der Waals surface area contributed by atoms with Gasteiger partial charge in [0.25, 0.3) is 0 Å². The number of hydrogen-bond acceptors (Lipinski definition) is 4. The molecule has 2 saturated carbocycles. The quantitative estimate of drug-likeness (QED) is 0.198. The summed E-state index contributed by atoms with van der Waals surface area (Å²) in [5.74, 6) is 7.30. The Morgan fingerprint density at radius 2 is 1.82 bits per heavy atom. The van der Waals surface area contributed by atoms with Crippen LogP contribution in [-0.4, -0.2) is 22.8 Å². The van der Waals surface area contributed by atoms with Gasteiger partial charge in [0.1, 0.15) is 0 Å². The monoisotopic (exact) mass is 390 g/mol. The Kier molecular flexibility index (Phi) is 6.16. The molecule has 0 amide bonds. The van der Waals surface area contributed by atoms with Crippen molar-refractivity contribution in [3.8, 4) is 11.8 Å². The van der Waals surface area contributed by atoms with Crippen LogP contribution in [0, 0.1) is 35.0 Å². The van der Waals surface area contributed by atoms with Crippen LogP contribution in [0.4, 0.5) is 0 Å². The molecule has 158 valence electrons. The van der Waals surface area contributed by atoms with E-state index in [9.17, 15) is 4.79 Å². The van der Waals surface area contributed by atoms with E-state index in [4.69, 9.17) is 14.5 Å². The molecule has 0 aromatic carbocycles. The summed E-state index contributed by atoms with van der Waals surface area (Å²) in [6, 6.07) is 0. The fourth-order valence-corrected chi connectivity index (χ4v) is 4.25. The Morgan fingerprint density at radius 1 is 1.21 bits per heavy atom. The van der Waals surface area contributed by atoms with Gasteiger partial charge in [0, 0.05) is 17.9 Å². The Morgan fingerprint density at radius 3 is 2.29 bits per heavy atom. The first-order chi connectivity index (χ1) is 12.7. The van der Waals surface area contributed by atoms with Gasteiger partial charge in [-0.2, -0.15) is 0 Å². The summed E-state index contributed by atoms with van der Waals surface area (Å²) in [5.41, 5.74) is -1.34. The van der Waals surface area contributed by atoms with Crippen molar-refractivity contribution in [2.45, 2.75) is 98.4 Å². The Labute approximate surface area is 171 Å². The van der Waals surface area contributed by atoms with Gasteiger partial charge < -0.3 is 4.74 Å². The molecule has 0 aromatic heterocycles. The van der Waals surface area contributed by atoms with Gasteiger partial charge in [-0.15, -0.1) is 0 Å². The van der Waals surface area contributed by atoms with E-state index in [1.54, 1.807) is 6.92 Å². The maximum Gasteiger partial charge on any atom is 0.334 e. The molecule has 2 rings (SSSR count). The molecule has 4 heteroatoms. The van der Waals surface area contributed by atoms with Crippen molar-refractivity contribution in [2.24, 2.45) is 23.2 Å². The molecule has 4 atom stereocenters. The SMILES string of the molecule is C=C(C)C(=O)O[C@]1(C#CC(C)(C)OOC(C)(C)CC)C[C@H]2C[C@H]1[C@@H](C)C2(C)C. The maximum absolute atomic E-state index is 12.4. The third kappa shape index (κ3) is 4.47. The van der Waals surface area contributed by atoms with Crippen molar-refractivity contribution in [2.75, 3.05) is 0 Å². The van der Waals surface area contributed by atoms with Crippen molar-refractivity contribution in [1.29, 1.82) is 0 Å². The summed E-state index contributed by atoms with van der Waals surface area (Å²) in [6.07, 6.45) is 2.62. The zero-order valence-electron chi connectivity index (χ0n) is 19.2. The van der Waals surface area contributed by atoms with E-state index in [1.165, 1.54) is 0 Å². The number of fused-ring (bicyclic) bond motifs is 2. The van der Waals surface area contributed by atoms with Gasteiger partial charge in [0.15, 0.2) is 11.2 Å². The average molecular weight is 391 g/mol. The van der Waals surface area contributed by atoms with Gasteiger partial charge in [-0.25, -0.2) is 14.6 Å². The zero-order chi connectivity index (χ0) is 21.5. The maximum atomic E-state index is 12.4. The molecule has 4 nitrogen and oxygen atoms in total. The smallest absolute Gasteiger partial charge is 0.334 e. The third-order valence-corrected chi connectivity index (χ3v) is 7.04. The van der Waals surface area contributed by atoms with Gasteiger partial charge in [0.05, 0.1) is 5.60 Å². The van der Waals surface area contributed by atoms with Crippen molar-refractivity contribution < 1.29 is 19.3 Å². The minimum absolute atomic E-state index is 0.215. The summed E-state index contributed by atoms with van der Waals surface area (Å²) in [4.78, 5) is 23.7. The van der Waals surface area contributed by atoms with Crippen LogP contribution in [0.15, 0.2) is 12.2 Å². The molecule has 2 bridgehead atoms. The standard InChI is InChI=1S/C24H38O4/c1-11-21(5,6)27-28-22(7,8)12-13-24(26-20(25)16(2)3)15-18-14-19(24)17(4)23(18,9)10/h17-19H,2,11,14-15H2,1,3-10H3/t17-,18-,19+,24-/m1/s1. The second-order valence-electron chi connectivity index (χ2n) is 10.5. The normalized spacial score (nSPS) is 31.2. The lowest BCUT2D eigenvalue weighted by Gasteiger charge is -2.44. The zero-order valence-corrected chi connectivity index (χ0v) is 19.2. The van der Waals surface area contributed by atoms with Crippen LogP contribution >= 0.6 is 0 Å². The van der Waals surface area contributed by atoms with Crippen LogP contribution < -0.4 is 0 Å². The number of rotatable bonds is 6. The largest absolute Gasteiger partial charge is 0.442 e. The number of hydrogen-bond donors (Lipinski definition) is 0. The Bertz CT molecular complexity index is 687. The molecule has 28 heavy (non-hydrogen) atoms. The van der Waals surface area contributed by atoms with Crippen LogP contribution in [0.5, 0.6) is 0 Å². The van der Waals surface area contributed by atoms with E-state index in [1.807, 2.05) is 34.6 Å². The molecule has 0 heterocycles. The summed E-state index contributed by atoms with van der Waals surface area (Å²) in [5, 5.41) is 0. The highest BCUT2D eigenvalue weighted by molar-refractivity contribution is 5.87. The molecule has 0 aromatic rings. The van der Waals surface area contributed by atoms with E-state index in [0.717, 1.165) is 19.3 Å². The van der Waals surface area contributed by atoms with Crippen molar-refractivity contribution in [3.63, 3.8) is 0 Å². The molecule has 0 aliphatic heterocycles. The number of carbonyl (C=O) groups is 1. The van der Waals surface area contributed by atoms with Gasteiger partial charge >= 0.3 is 5.97 Å². The van der Waals surface area contributed by atoms with Gasteiger partial charge in [-0.3, -0.25) is 0 Å². The van der Waals surface area contributed by atoms with Crippen LogP contribution in [0.2, 0.25) is 0 Å². The molecule has 0 radical (unpaired) electrons. The van der Waals surface area contributed by atoms with Crippen molar-refractivity contribution >= 4 is 5.97 Å². The number of carbonyl (C=O) groups excluding carboxylic acids is 1. The summed E-state index contributed by atoms with van der Waals surface area (Å²) < 4.78 is 6.01. The van der Waals surface area contributed by atoms with Crippen molar-refractivity contribution in [1.82, 2.24) is 0 Å². The first-order valence-electron chi connectivity index (χ1n) is 10.5. The molecule has 2 fully saturated rings. The summed E-state index contributed by atoms with van der Waals surface area (Å²) in [7, 11) is 0. The van der Waals surface area contributed by atoms with Gasteiger partial charge in [-0.1, -0.05) is 46.1 Å². The summed E-state index contributed by atoms with van der Waals surface area (Å²) >= 11 is 0. The topological polar surface area (TPSA) is 44.8 Å². The first-order valence-corrected chi connectivity index (χ1v) is 10.5. The van der Waals surface area contributed by atoms with Gasteiger partial charge in [0.2, 0.25) is 0 Å². The fourth-order valence-electron chi connectivity index (χ4n) is 4.25. The second-order valence-corrected chi connectivity index (χ2v) is 10.5. The highest BCUT2D eigenvalue weighted by Gasteiger charge is 2.63. The predicted molar refractivity (Wildman–Crippen MR) is 111 cm³/mol. The van der Waals surface area contributed by atoms with Crippen LogP contribution in [-0.2, 0) is 19.3 Å². The molecular weight excluding hydrogens is 352 g/mol. The third-order valence-electron chi connectivity index (χ3n) is 7.04. The van der Waals surface area contributed by atoms with Crippen LogP contribution in [0.1, 0.15) is 81.6 Å². The van der Waals surface area contributed by atoms with Crippen LogP contribution in [0.25, 0.3) is 0 Å². The molecule has 0 spiro atoms. The Hall–Kier alpha value is -1.31. The lowest BCUT2D eigenvalue weighted by atomic mass is 9.64. The molecule has 2 aliphatic rings. The lowest BCUT2D eigenvalue weighted by Crippen LogP contribution is -2.47. The first kappa shape index (κ1) is 23.0. The second kappa shape index (κ2) is 7.50. The van der Waals surface area contributed by atoms with E-state index in [2.05, 4.69) is 39.2 Å². The van der Waals surface area contributed by atoms with E-state index >= 15 is 0 Å². The molecule has 0 N–H and O–H groups in total. The van der Waals surface area contributed by atoms with E-state index in [-0.39, 0.29) is 22.9 Å². The fraction of sp³-hybridized carbons (Fsp3) is 0.792. The Balaban J connectivity index is 2.30. The number of esters is 1. The average Bonchev–Trinajstić information content (AvgIpc) is 3.07. The van der Waals surface area contributed by atoms with Crippen LogP contribution in [0.3, 0.4) is 0 Å². The van der Waals surface area contributed by atoms with E-state index < -0.39 is 11.2 Å². The molecule has 2 aliphatic carbocycles. The highest BCUT2D eigenvalue weighted by Crippen LogP contribution is 2.63.